The van der Waals surface area contributed by atoms with Crippen LogP contribution in [0.3, 0.4) is 0 Å². The second-order valence-electron chi connectivity index (χ2n) is 1.47. The molecule has 0 spiro atoms. The van der Waals surface area contributed by atoms with Gasteiger partial charge in [0.1, 0.15) is 0 Å². The summed E-state index contributed by atoms with van der Waals surface area (Å²) in [5, 5.41) is 0. The van der Waals surface area contributed by atoms with Gasteiger partial charge in [0.05, 0.1) is 26.4 Å². The van der Waals surface area contributed by atoms with Gasteiger partial charge in [0.2, 0.25) is 0 Å². The van der Waals surface area contributed by atoms with Gasteiger partial charge in [-0.3, -0.25) is 0 Å². The minimum Gasteiger partial charge on any atom is -0.377 e. The number of halogens is 3. The van der Waals surface area contributed by atoms with E-state index >= 15 is 0 Å². The molecule has 1 heterocycles. The van der Waals surface area contributed by atoms with Gasteiger partial charge < -0.3 is 9.47 Å². The Morgan fingerprint density at radius 1 is 0.800 bits per heavy atom. The quantitative estimate of drug-likeness (QED) is 0.566. The van der Waals surface area contributed by atoms with Gasteiger partial charge in [-0.2, -0.15) is 0 Å². The third kappa shape index (κ3) is 11.6. The predicted molar refractivity (Wildman–Crippen MR) is 43.0 cm³/mol. The van der Waals surface area contributed by atoms with Gasteiger partial charge in [0.15, 0.2) is 4.30 Å². The summed E-state index contributed by atoms with van der Waals surface area (Å²) in [6, 6.07) is 0. The van der Waals surface area contributed by atoms with Gasteiger partial charge in [0.25, 0.3) is 0 Å². The average molecular weight is 207 g/mol. The fourth-order valence-electron chi connectivity index (χ4n) is 0.440. The molecule has 0 aromatic carbocycles. The van der Waals surface area contributed by atoms with Crippen LogP contribution in [-0.2, 0) is 9.47 Å². The van der Waals surface area contributed by atoms with Crippen LogP contribution in [0.4, 0.5) is 0 Å². The number of alkyl halides is 3. The maximum absolute atomic E-state index is 4.94. The molecule has 5 heteroatoms. The Bertz CT molecular complexity index is 51.6. The molecular formula is C5H9Cl3O2. The van der Waals surface area contributed by atoms with E-state index in [1.807, 2.05) is 0 Å². The summed E-state index contributed by atoms with van der Waals surface area (Å²) in [5.41, 5.74) is 0. The lowest BCUT2D eigenvalue weighted by Crippen LogP contribution is -2.16. The fraction of sp³-hybridized carbons (Fsp3) is 1.00. The topological polar surface area (TPSA) is 18.5 Å². The summed E-state index contributed by atoms with van der Waals surface area (Å²) in [4.78, 5) is 0. The first kappa shape index (κ1) is 10.8. The van der Waals surface area contributed by atoms with Crippen molar-refractivity contribution < 1.29 is 9.47 Å². The Labute approximate surface area is 75.3 Å². The molecule has 0 aromatic rings. The molecule has 0 bridgehead atoms. The van der Waals surface area contributed by atoms with E-state index in [0.29, 0.717) is 0 Å². The molecule has 0 unspecified atom stereocenters. The summed E-state index contributed by atoms with van der Waals surface area (Å²) in [6.45, 7) is 3.11. The van der Waals surface area contributed by atoms with Crippen molar-refractivity contribution in [1.82, 2.24) is 0 Å². The number of hydrogen-bond donors (Lipinski definition) is 0. The van der Waals surface area contributed by atoms with Gasteiger partial charge in [-0.25, -0.2) is 0 Å². The fourth-order valence-corrected chi connectivity index (χ4v) is 0.440. The third-order valence-electron chi connectivity index (χ3n) is 0.744. The summed E-state index contributed by atoms with van der Waals surface area (Å²) < 4.78 is 9.14. The number of ether oxygens (including phenoxy) is 2. The Balaban J connectivity index is 0.000000180. The second kappa shape index (κ2) is 7.89. The highest BCUT2D eigenvalue weighted by atomic mass is 35.6. The molecule has 62 valence electrons. The van der Waals surface area contributed by atoms with Gasteiger partial charge in [-0.05, 0) is 0 Å². The van der Waals surface area contributed by atoms with Crippen molar-refractivity contribution in [2.75, 3.05) is 26.4 Å². The first-order valence-electron chi connectivity index (χ1n) is 2.81. The van der Waals surface area contributed by atoms with Crippen LogP contribution in [-0.4, -0.2) is 30.7 Å². The van der Waals surface area contributed by atoms with Crippen LogP contribution in [0, 0.1) is 0 Å². The van der Waals surface area contributed by atoms with E-state index in [9.17, 15) is 0 Å². The molecule has 0 atom stereocenters. The number of rotatable bonds is 0. The average Bonchev–Trinajstić information content (AvgIpc) is 1.90. The smallest absolute Gasteiger partial charge is 0.180 e. The molecule has 1 saturated heterocycles. The van der Waals surface area contributed by atoms with Gasteiger partial charge in [-0.15, -0.1) is 0 Å². The minimum absolute atomic E-state index is 0.750. The third-order valence-corrected chi connectivity index (χ3v) is 0.744. The van der Waals surface area contributed by atoms with Crippen LogP contribution < -0.4 is 0 Å². The molecule has 1 fully saturated rings. The Kier molecular flexibility index (Phi) is 8.52. The largest absolute Gasteiger partial charge is 0.377 e. The van der Waals surface area contributed by atoms with E-state index in [1.54, 1.807) is 0 Å². The second-order valence-corrected chi connectivity index (χ2v) is 3.45. The molecule has 0 amide bonds. The lowest BCUT2D eigenvalue weighted by molar-refractivity contribution is -0.0334. The van der Waals surface area contributed by atoms with Crippen LogP contribution in [0.5, 0.6) is 0 Å². The van der Waals surface area contributed by atoms with Crippen molar-refractivity contribution in [2.45, 2.75) is 4.30 Å². The molecule has 0 aliphatic carbocycles. The van der Waals surface area contributed by atoms with E-state index < -0.39 is 4.30 Å². The monoisotopic (exact) mass is 206 g/mol. The maximum atomic E-state index is 4.94. The van der Waals surface area contributed by atoms with E-state index in [-0.39, 0.29) is 0 Å². The van der Waals surface area contributed by atoms with Crippen molar-refractivity contribution in [3.05, 3.63) is 0 Å². The molecule has 2 nitrogen and oxygen atoms in total. The first-order valence-corrected chi connectivity index (χ1v) is 4.12. The van der Waals surface area contributed by atoms with Crippen LogP contribution >= 0.6 is 34.8 Å². The van der Waals surface area contributed by atoms with E-state index in [1.165, 1.54) is 0 Å². The lowest BCUT2D eigenvalue weighted by atomic mass is 10.6. The molecular weight excluding hydrogens is 198 g/mol. The van der Waals surface area contributed by atoms with Gasteiger partial charge >= 0.3 is 0 Å². The van der Waals surface area contributed by atoms with Crippen LogP contribution in [0.2, 0.25) is 0 Å². The minimum atomic E-state index is -0.750. The molecule has 1 rings (SSSR count). The zero-order valence-corrected chi connectivity index (χ0v) is 7.62. The lowest BCUT2D eigenvalue weighted by Gasteiger charge is -2.09. The van der Waals surface area contributed by atoms with Crippen molar-refractivity contribution in [1.29, 1.82) is 0 Å². The molecule has 1 aliphatic heterocycles. The van der Waals surface area contributed by atoms with Crippen LogP contribution in [0.1, 0.15) is 0 Å². The predicted octanol–water partition coefficient (Wildman–Crippen LogP) is 2.02. The Morgan fingerprint density at radius 3 is 1.10 bits per heavy atom. The molecule has 0 saturated carbocycles. The summed E-state index contributed by atoms with van der Waals surface area (Å²) >= 11 is 14.4. The van der Waals surface area contributed by atoms with Crippen molar-refractivity contribution in [3.8, 4) is 0 Å². The zero-order valence-electron chi connectivity index (χ0n) is 5.36. The molecule has 10 heavy (non-hydrogen) atoms. The van der Waals surface area contributed by atoms with Crippen molar-refractivity contribution >= 4 is 34.8 Å². The molecule has 1 aliphatic rings. The molecule has 0 aromatic heterocycles. The standard InChI is InChI=1S/C4H8O2.CHCl3/c1-2-6-4-3-5-1;2-1(3)4/h1-4H2;1H. The highest BCUT2D eigenvalue weighted by Gasteiger charge is 1.94. The van der Waals surface area contributed by atoms with E-state index in [0.717, 1.165) is 26.4 Å². The molecule has 0 N–H and O–H groups in total. The highest BCUT2D eigenvalue weighted by molar-refractivity contribution is 6.63. The Hall–Kier alpha value is 0.790. The summed E-state index contributed by atoms with van der Waals surface area (Å²) in [5.74, 6) is 0. The van der Waals surface area contributed by atoms with Gasteiger partial charge in [-0.1, -0.05) is 34.8 Å². The SMILES string of the molecule is C1COCCO1.ClC(Cl)Cl. The summed E-state index contributed by atoms with van der Waals surface area (Å²) in [7, 11) is 0. The van der Waals surface area contributed by atoms with Crippen molar-refractivity contribution in [2.24, 2.45) is 0 Å². The van der Waals surface area contributed by atoms with E-state index in [2.05, 4.69) is 0 Å². The summed E-state index contributed by atoms with van der Waals surface area (Å²) in [6.07, 6.45) is 0. The van der Waals surface area contributed by atoms with E-state index in [4.69, 9.17) is 44.3 Å². The Morgan fingerprint density at radius 2 is 1.00 bits per heavy atom. The van der Waals surface area contributed by atoms with Gasteiger partial charge in [0, 0.05) is 0 Å². The first-order chi connectivity index (χ1) is 4.73. The highest BCUT2D eigenvalue weighted by Crippen LogP contribution is 2.03. The normalized spacial score (nSPS) is 18.0. The van der Waals surface area contributed by atoms with Crippen LogP contribution in [0.15, 0.2) is 0 Å². The molecule has 0 radical (unpaired) electrons. The van der Waals surface area contributed by atoms with Crippen molar-refractivity contribution in [3.63, 3.8) is 0 Å². The number of hydrogen-bond acceptors (Lipinski definition) is 2. The van der Waals surface area contributed by atoms with Crippen LogP contribution in [0.25, 0.3) is 0 Å². The maximum Gasteiger partial charge on any atom is 0.180 e. The zero-order chi connectivity index (χ0) is 7.82.